The van der Waals surface area contributed by atoms with E-state index in [1.165, 1.54) is 26.4 Å². The first-order chi connectivity index (χ1) is 15.9. The largest absolute Gasteiger partial charge is 2.00 e. The van der Waals surface area contributed by atoms with Crippen molar-refractivity contribution in [3.63, 3.8) is 0 Å². The Labute approximate surface area is 289 Å². The van der Waals surface area contributed by atoms with Gasteiger partial charge >= 0.3 is 56.7 Å². The molecule has 8 heteroatoms. The van der Waals surface area contributed by atoms with Crippen molar-refractivity contribution in [3.05, 3.63) is 103 Å². The normalized spacial score (nSPS) is 5.11. The van der Waals surface area contributed by atoms with Crippen LogP contribution in [0.4, 0.5) is 0 Å². The van der Waals surface area contributed by atoms with Gasteiger partial charge in [0.25, 0.3) is 0 Å². The maximum absolute atomic E-state index is 7.69. The summed E-state index contributed by atoms with van der Waals surface area (Å²) < 4.78 is 2.64. The topological polar surface area (TPSA) is 70.6 Å². The maximum atomic E-state index is 7.69. The van der Waals surface area contributed by atoms with Crippen LogP contribution in [0.2, 0.25) is 0 Å². The van der Waals surface area contributed by atoms with Crippen molar-refractivity contribution in [3.8, 4) is 0 Å². The average Bonchev–Trinajstić information content (AvgIpc) is 2.90. The summed E-state index contributed by atoms with van der Waals surface area (Å²) in [6, 6.07) is 0. The quantitative estimate of drug-likeness (QED) is 0.0980. The Hall–Kier alpha value is -0.165. The molecule has 0 aliphatic carbocycles. The fraction of sp³-hybridized carbons (Fsp3) is 0.433. The van der Waals surface area contributed by atoms with Crippen LogP contribution in [0.5, 0.6) is 0 Å². The average molecular weight is 1070 g/mol. The molecule has 0 aromatic carbocycles. The van der Waals surface area contributed by atoms with Crippen LogP contribution in [0, 0.1) is 21.4 Å². The number of halogens is 1. The summed E-state index contributed by atoms with van der Waals surface area (Å²) in [4.78, 5) is 3.52. The Bertz CT molecular complexity index is 293. The van der Waals surface area contributed by atoms with Gasteiger partial charge in [0.2, 0.25) is 0 Å². The van der Waals surface area contributed by atoms with E-state index in [-0.39, 0.29) is 64.4 Å². The number of hydrogen-bond donors (Lipinski definition) is 3. The van der Waals surface area contributed by atoms with Crippen LogP contribution < -0.4 is 11.1 Å². The Morgan fingerprint density at radius 2 is 0.947 bits per heavy atom. The molecule has 236 valence electrons. The zero-order valence-electron chi connectivity index (χ0n) is 26.8. The van der Waals surface area contributed by atoms with Gasteiger partial charge in [-0.25, -0.2) is 0 Å². The van der Waals surface area contributed by atoms with Gasteiger partial charge in [0.15, 0.2) is 0 Å². The van der Waals surface area contributed by atoms with Gasteiger partial charge in [-0.3, -0.25) is 0 Å². The predicted molar refractivity (Wildman–Crippen MR) is 181 cm³/mol. The fourth-order valence-electron chi connectivity index (χ4n) is 0. The number of hydrogen-bond acceptors (Lipinski definition) is 4. The SMILES string of the molecule is C.C=C.C=C.C=CC.CC.CC=CC.CC=CC.CC=CO.CN.CN=[C]=[W].CNC.[CH-]=CCl.[CH3-].[CH3-].[W+2].[W]. The molecule has 0 aromatic rings. The second kappa shape index (κ2) is 403. The van der Waals surface area contributed by atoms with Crippen molar-refractivity contribution in [1.82, 2.24) is 5.32 Å². The van der Waals surface area contributed by atoms with Gasteiger partial charge < -0.3 is 37.6 Å². The second-order valence-electron chi connectivity index (χ2n) is 3.16. The minimum Gasteiger partial charge on any atom is -0.502 e. The summed E-state index contributed by atoms with van der Waals surface area (Å²) in [6.07, 6.45) is 12.3. The van der Waals surface area contributed by atoms with E-state index in [2.05, 4.69) is 71.3 Å². The third kappa shape index (κ3) is 2960. The number of aliphatic hydroxyl groups is 1. The monoisotopic (exact) mass is 1070 g/mol. The van der Waals surface area contributed by atoms with Gasteiger partial charge in [-0.1, -0.05) is 57.7 Å². The third-order valence-corrected chi connectivity index (χ3v) is 1.56. The molecular formula is C30H69ClN3OW3-. The molecule has 0 bridgehead atoms. The summed E-state index contributed by atoms with van der Waals surface area (Å²) in [7, 11) is 6.97. The first-order valence-electron chi connectivity index (χ1n) is 10.1. The number of rotatable bonds is 0. The van der Waals surface area contributed by atoms with Crippen LogP contribution >= 0.6 is 11.6 Å². The van der Waals surface area contributed by atoms with E-state index in [9.17, 15) is 0 Å². The van der Waals surface area contributed by atoms with Crippen LogP contribution in [0.25, 0.3) is 0 Å². The summed E-state index contributed by atoms with van der Waals surface area (Å²) in [5.74, 6) is 0. The molecule has 0 aliphatic heterocycles. The minimum absolute atomic E-state index is 0. The van der Waals surface area contributed by atoms with Crippen LogP contribution in [-0.4, -0.2) is 37.5 Å². The van der Waals surface area contributed by atoms with E-state index >= 15 is 0 Å². The zero-order chi connectivity index (χ0) is 29.8. The van der Waals surface area contributed by atoms with Crippen LogP contribution in [0.1, 0.15) is 62.8 Å². The first kappa shape index (κ1) is 108. The first-order valence-corrected chi connectivity index (χ1v) is 12.0. The smallest absolute Gasteiger partial charge is 0.502 e. The molecule has 0 aromatic heterocycles. The molecule has 0 spiro atoms. The van der Waals surface area contributed by atoms with Crippen molar-refractivity contribution < 1.29 is 66.6 Å². The standard InChI is InChI=1S/2C4H8.C3H6O.C3H6.C2H2Cl.C2H7N.C2H3N.C2H6.2C2H4.CH5N.CH4.2CH3.3W/c2*1-3-4-2;1-2-3-4;1-3-2;1-2-3;2*1-3-2;4*1-2;;;;;;/h2*3-4H,1-2H3;2-4H,1H3;3H,1H2,2H3;1-2H;3H,1-2H3;1H3;1-2H3;2*1-2H2;2H2,1H3;1H4;2*1H3;;;/q;;;;-1;;;;;;;;2*-1;;;+2. The summed E-state index contributed by atoms with van der Waals surface area (Å²) >= 11 is 5.94. The Balaban J connectivity index is -0.00000000999. The third-order valence-electron chi connectivity index (χ3n) is 0.907. The van der Waals surface area contributed by atoms with Crippen molar-refractivity contribution in [2.75, 3.05) is 28.2 Å². The number of nitrogens with two attached hydrogens (primary N) is 1. The van der Waals surface area contributed by atoms with Crippen LogP contribution in [0.15, 0.2) is 86.1 Å². The van der Waals surface area contributed by atoms with Crippen molar-refractivity contribution in [2.45, 2.75) is 62.8 Å². The van der Waals surface area contributed by atoms with Gasteiger partial charge in [0.1, 0.15) is 0 Å². The van der Waals surface area contributed by atoms with E-state index in [1.54, 1.807) is 26.1 Å². The molecule has 0 saturated carbocycles. The molecule has 0 rings (SSSR count). The summed E-state index contributed by atoms with van der Waals surface area (Å²) in [5.41, 5.74) is 5.47. The molecule has 38 heavy (non-hydrogen) atoms. The van der Waals surface area contributed by atoms with Gasteiger partial charge in [0.05, 0.1) is 6.26 Å². The Morgan fingerprint density at radius 3 is 0.947 bits per heavy atom. The van der Waals surface area contributed by atoms with Crippen molar-refractivity contribution in [2.24, 2.45) is 10.7 Å². The molecule has 0 amide bonds. The second-order valence-corrected chi connectivity index (χ2v) is 4.07. The molecule has 4 N–H and O–H groups in total. The number of allylic oxidation sites excluding steroid dienone is 6. The molecular weight excluding hydrogens is 1010 g/mol. The zero-order valence-corrected chi connectivity index (χ0v) is 36.4. The Kier molecular flexibility index (Phi) is 1140. The van der Waals surface area contributed by atoms with Gasteiger partial charge in [-0.05, 0) is 62.7 Å². The van der Waals surface area contributed by atoms with Gasteiger partial charge in [-0.2, -0.15) is 5.54 Å². The van der Waals surface area contributed by atoms with E-state index in [4.69, 9.17) is 5.11 Å². The molecule has 0 unspecified atom stereocenters. The van der Waals surface area contributed by atoms with Crippen LogP contribution in [-0.2, 0) is 61.5 Å². The van der Waals surface area contributed by atoms with Crippen LogP contribution in [0.3, 0.4) is 0 Å². The molecule has 0 saturated heterocycles. The molecule has 0 fully saturated rings. The van der Waals surface area contributed by atoms with E-state index < -0.39 is 0 Å². The molecule has 0 radical (unpaired) electrons. The number of nitrogens with one attached hydrogen (secondary N) is 1. The van der Waals surface area contributed by atoms with E-state index in [0.29, 0.717) is 0 Å². The summed E-state index contributed by atoms with van der Waals surface area (Å²) in [6.45, 7) is 35.5. The van der Waals surface area contributed by atoms with E-state index in [0.717, 1.165) is 11.8 Å². The number of nitrogens with zero attached hydrogens (tertiary/aromatic N) is 1. The van der Waals surface area contributed by atoms with Gasteiger partial charge in [0, 0.05) is 21.1 Å². The van der Waals surface area contributed by atoms with E-state index in [1.807, 2.05) is 86.9 Å². The molecule has 0 atom stereocenters. The molecule has 4 nitrogen and oxygen atoms in total. The molecule has 0 heterocycles. The minimum atomic E-state index is 0. The predicted octanol–water partition coefficient (Wildman–Crippen LogP) is 10.2. The van der Waals surface area contributed by atoms with Crippen molar-refractivity contribution >= 4 is 15.8 Å². The Morgan fingerprint density at radius 1 is 0.868 bits per heavy atom. The number of aliphatic imine (C=N–C) groups is 1. The fourth-order valence-corrected chi connectivity index (χ4v) is 0. The molecule has 0 aliphatic rings. The van der Waals surface area contributed by atoms with Gasteiger partial charge in [-0.15, -0.1) is 44.5 Å². The van der Waals surface area contributed by atoms with Crippen molar-refractivity contribution in [1.29, 1.82) is 0 Å². The summed E-state index contributed by atoms with van der Waals surface area (Å²) in [5, 5.41) is 10.4. The maximum Gasteiger partial charge on any atom is 2.00 e. The number of aliphatic hydroxyl groups excluding tert-OH is 1.